The van der Waals surface area contributed by atoms with Gasteiger partial charge in [-0.15, -0.1) is 0 Å². The van der Waals surface area contributed by atoms with Gasteiger partial charge in [0.2, 0.25) is 0 Å². The summed E-state index contributed by atoms with van der Waals surface area (Å²) in [5.41, 5.74) is -0.357. The van der Waals surface area contributed by atoms with E-state index < -0.39 is 0 Å². The molecule has 0 saturated carbocycles. The molecule has 0 aromatic rings. The number of esters is 1. The number of unbranched alkanes of at least 4 members (excludes halogenated alkanes) is 1. The van der Waals surface area contributed by atoms with Crippen LogP contribution in [-0.4, -0.2) is 43.2 Å². The van der Waals surface area contributed by atoms with Crippen molar-refractivity contribution in [1.29, 1.82) is 0 Å². The molecule has 102 valence electrons. The van der Waals surface area contributed by atoms with Crippen molar-refractivity contribution in [3.8, 4) is 0 Å². The lowest BCUT2D eigenvalue weighted by Crippen LogP contribution is -2.41. The van der Waals surface area contributed by atoms with E-state index in [1.165, 1.54) is 19.4 Å². The highest BCUT2D eigenvalue weighted by Gasteiger charge is 2.18. The molecule has 0 aliphatic rings. The number of carbonyl (C=O) groups is 1. The Morgan fingerprint density at radius 1 is 1.12 bits per heavy atom. The maximum Gasteiger partial charge on any atom is 0.306 e. The summed E-state index contributed by atoms with van der Waals surface area (Å²) in [7, 11) is 4.45. The molecule has 0 atom stereocenters. The summed E-state index contributed by atoms with van der Waals surface area (Å²) < 4.78 is 6.28. The second-order valence-electron chi connectivity index (χ2n) is 6.43. The smallest absolute Gasteiger partial charge is 0.306 e. The van der Waals surface area contributed by atoms with Crippen LogP contribution in [0.3, 0.4) is 0 Å². The number of hydrogen-bond acceptors (Lipinski definition) is 2. The lowest BCUT2D eigenvalue weighted by Gasteiger charge is -2.29. The summed E-state index contributed by atoms with van der Waals surface area (Å²) >= 11 is 0. The fourth-order valence-electron chi connectivity index (χ4n) is 1.74. The summed E-state index contributed by atoms with van der Waals surface area (Å²) in [6.07, 6.45) is 3.92. The molecule has 0 aliphatic carbocycles. The second-order valence-corrected chi connectivity index (χ2v) is 6.43. The Morgan fingerprint density at radius 3 is 2.12 bits per heavy atom. The first-order valence-electron chi connectivity index (χ1n) is 6.70. The Hall–Kier alpha value is -0.570. The zero-order chi connectivity index (χ0) is 13.5. The van der Waals surface area contributed by atoms with Crippen LogP contribution >= 0.6 is 0 Å². The lowest BCUT2D eigenvalue weighted by molar-refractivity contribution is -0.890. The summed E-state index contributed by atoms with van der Waals surface area (Å²) in [6.45, 7) is 10.2. The topological polar surface area (TPSA) is 26.3 Å². The molecule has 0 amide bonds. The van der Waals surface area contributed by atoms with Crippen molar-refractivity contribution in [2.24, 2.45) is 0 Å². The van der Waals surface area contributed by atoms with E-state index in [-0.39, 0.29) is 11.6 Å². The van der Waals surface area contributed by atoms with E-state index in [4.69, 9.17) is 4.74 Å². The third-order valence-electron chi connectivity index (χ3n) is 2.68. The van der Waals surface area contributed by atoms with E-state index in [0.717, 1.165) is 17.4 Å². The third-order valence-corrected chi connectivity index (χ3v) is 2.68. The SMILES string of the molecule is CCCC[N+](C)(C)CCCC(=O)OC(C)(C)C. The van der Waals surface area contributed by atoms with E-state index in [0.29, 0.717) is 6.42 Å². The number of rotatable bonds is 7. The van der Waals surface area contributed by atoms with Gasteiger partial charge in [0.05, 0.1) is 33.6 Å². The van der Waals surface area contributed by atoms with Gasteiger partial charge in [-0.25, -0.2) is 0 Å². The van der Waals surface area contributed by atoms with Gasteiger partial charge in [0.25, 0.3) is 0 Å². The van der Waals surface area contributed by atoms with Crippen LogP contribution in [-0.2, 0) is 9.53 Å². The number of ether oxygens (including phenoxy) is 1. The van der Waals surface area contributed by atoms with Crippen LogP contribution in [0.25, 0.3) is 0 Å². The van der Waals surface area contributed by atoms with Crippen LogP contribution in [0.15, 0.2) is 0 Å². The van der Waals surface area contributed by atoms with Crippen molar-refractivity contribution in [2.75, 3.05) is 27.2 Å². The molecule has 0 aromatic heterocycles. The van der Waals surface area contributed by atoms with Crippen molar-refractivity contribution < 1.29 is 14.0 Å². The van der Waals surface area contributed by atoms with Gasteiger partial charge in [0, 0.05) is 6.42 Å². The van der Waals surface area contributed by atoms with Crippen LogP contribution in [0.5, 0.6) is 0 Å². The molecule has 0 spiro atoms. The first-order chi connectivity index (χ1) is 7.66. The summed E-state index contributed by atoms with van der Waals surface area (Å²) in [5.74, 6) is -0.0759. The maximum atomic E-state index is 11.5. The van der Waals surface area contributed by atoms with Gasteiger partial charge in [0.15, 0.2) is 0 Å². The predicted molar refractivity (Wildman–Crippen MR) is 71.8 cm³/mol. The highest BCUT2D eigenvalue weighted by molar-refractivity contribution is 5.69. The Bertz CT molecular complexity index is 229. The van der Waals surface area contributed by atoms with Crippen molar-refractivity contribution in [1.82, 2.24) is 0 Å². The molecule has 0 heterocycles. The largest absolute Gasteiger partial charge is 0.460 e. The summed E-state index contributed by atoms with van der Waals surface area (Å²) in [5, 5.41) is 0. The Kier molecular flexibility index (Phi) is 6.76. The van der Waals surface area contributed by atoms with Crippen LogP contribution in [0.4, 0.5) is 0 Å². The molecular weight excluding hydrogens is 214 g/mol. The normalized spacial score (nSPS) is 12.6. The predicted octanol–water partition coefficient (Wildman–Crippen LogP) is 2.98. The molecule has 0 fully saturated rings. The molecule has 3 nitrogen and oxygen atoms in total. The van der Waals surface area contributed by atoms with Crippen molar-refractivity contribution in [2.45, 2.75) is 59.0 Å². The van der Waals surface area contributed by atoms with Gasteiger partial charge in [-0.05, 0) is 27.2 Å². The number of quaternary nitrogens is 1. The fourth-order valence-corrected chi connectivity index (χ4v) is 1.74. The quantitative estimate of drug-likeness (QED) is 0.508. The fraction of sp³-hybridized carbons (Fsp3) is 0.929. The second kappa shape index (κ2) is 7.00. The highest BCUT2D eigenvalue weighted by atomic mass is 16.6. The zero-order valence-electron chi connectivity index (χ0n) is 12.5. The molecular formula is C14H30NO2+. The molecule has 0 aromatic carbocycles. The maximum absolute atomic E-state index is 11.5. The standard InChI is InChI=1S/C14H30NO2/c1-7-8-11-15(5,6)12-9-10-13(16)17-14(2,3)4/h7-12H2,1-6H3/q+1. The minimum atomic E-state index is -0.357. The first-order valence-corrected chi connectivity index (χ1v) is 6.70. The Labute approximate surface area is 107 Å². The molecule has 3 heteroatoms. The van der Waals surface area contributed by atoms with E-state index >= 15 is 0 Å². The third kappa shape index (κ3) is 10.3. The van der Waals surface area contributed by atoms with E-state index in [2.05, 4.69) is 21.0 Å². The molecule has 0 unspecified atom stereocenters. The van der Waals surface area contributed by atoms with Gasteiger partial charge >= 0.3 is 5.97 Å². The highest BCUT2D eigenvalue weighted by Crippen LogP contribution is 2.10. The van der Waals surface area contributed by atoms with Gasteiger partial charge in [-0.1, -0.05) is 13.3 Å². The first kappa shape index (κ1) is 16.4. The summed E-state index contributed by atoms with van der Waals surface area (Å²) in [6, 6.07) is 0. The number of carbonyl (C=O) groups excluding carboxylic acids is 1. The van der Waals surface area contributed by atoms with Gasteiger partial charge in [-0.2, -0.15) is 0 Å². The molecule has 0 radical (unpaired) electrons. The average Bonchev–Trinajstić information content (AvgIpc) is 2.11. The minimum absolute atomic E-state index is 0.0759. The van der Waals surface area contributed by atoms with Crippen LogP contribution < -0.4 is 0 Å². The summed E-state index contributed by atoms with van der Waals surface area (Å²) in [4.78, 5) is 11.5. The average molecular weight is 244 g/mol. The lowest BCUT2D eigenvalue weighted by atomic mass is 10.2. The van der Waals surface area contributed by atoms with Crippen molar-refractivity contribution in [3.63, 3.8) is 0 Å². The van der Waals surface area contributed by atoms with E-state index in [1.54, 1.807) is 0 Å². The van der Waals surface area contributed by atoms with Crippen molar-refractivity contribution in [3.05, 3.63) is 0 Å². The van der Waals surface area contributed by atoms with E-state index in [9.17, 15) is 4.79 Å². The molecule has 0 rings (SSSR count). The molecule has 0 saturated heterocycles. The zero-order valence-corrected chi connectivity index (χ0v) is 12.5. The number of hydrogen-bond donors (Lipinski definition) is 0. The number of nitrogens with zero attached hydrogens (tertiary/aromatic N) is 1. The van der Waals surface area contributed by atoms with E-state index in [1.807, 2.05) is 20.8 Å². The van der Waals surface area contributed by atoms with Gasteiger partial charge in [0.1, 0.15) is 5.60 Å². The molecule has 0 bridgehead atoms. The minimum Gasteiger partial charge on any atom is -0.460 e. The van der Waals surface area contributed by atoms with Crippen LogP contribution in [0.1, 0.15) is 53.4 Å². The Morgan fingerprint density at radius 2 is 1.65 bits per heavy atom. The van der Waals surface area contributed by atoms with Crippen molar-refractivity contribution >= 4 is 5.97 Å². The molecule has 0 N–H and O–H groups in total. The van der Waals surface area contributed by atoms with Crippen LogP contribution in [0.2, 0.25) is 0 Å². The van der Waals surface area contributed by atoms with Crippen LogP contribution in [0, 0.1) is 0 Å². The Balaban J connectivity index is 3.79. The van der Waals surface area contributed by atoms with Gasteiger partial charge in [-0.3, -0.25) is 4.79 Å². The molecule has 17 heavy (non-hydrogen) atoms. The molecule has 0 aliphatic heterocycles. The monoisotopic (exact) mass is 244 g/mol. The van der Waals surface area contributed by atoms with Gasteiger partial charge < -0.3 is 9.22 Å².